The predicted octanol–water partition coefficient (Wildman–Crippen LogP) is 0.294. The first-order chi connectivity index (χ1) is 7.86. The lowest BCUT2D eigenvalue weighted by molar-refractivity contribution is -0.129. The van der Waals surface area contributed by atoms with Gasteiger partial charge in [-0.15, -0.1) is 0 Å². The first-order valence-electron chi connectivity index (χ1n) is 6.57. The summed E-state index contributed by atoms with van der Waals surface area (Å²) >= 11 is 0. The lowest BCUT2D eigenvalue weighted by Crippen LogP contribution is -2.41. The van der Waals surface area contributed by atoms with Crippen LogP contribution in [0, 0.1) is 0 Å². The van der Waals surface area contributed by atoms with Crippen LogP contribution in [0.4, 0.5) is 0 Å². The van der Waals surface area contributed by atoms with Gasteiger partial charge < -0.3 is 15.1 Å². The zero-order valence-corrected chi connectivity index (χ0v) is 10.1. The van der Waals surface area contributed by atoms with Crippen LogP contribution >= 0.6 is 0 Å². The fraction of sp³-hybridized carbons (Fsp3) is 0.917. The topological polar surface area (TPSA) is 35.6 Å². The fourth-order valence-corrected chi connectivity index (χ4v) is 2.51. The number of hydrogen-bond donors (Lipinski definition) is 1. The Morgan fingerprint density at radius 3 is 2.62 bits per heavy atom. The summed E-state index contributed by atoms with van der Waals surface area (Å²) in [6, 6.07) is 0. The Hall–Kier alpha value is -0.610. The van der Waals surface area contributed by atoms with Crippen molar-refractivity contribution in [2.75, 3.05) is 45.8 Å². The summed E-state index contributed by atoms with van der Waals surface area (Å²) in [7, 11) is 0. The smallest absolute Gasteiger partial charge is 0.236 e. The fourth-order valence-electron chi connectivity index (χ4n) is 2.51. The Kier molecular flexibility index (Phi) is 4.60. The molecule has 0 saturated carbocycles. The van der Waals surface area contributed by atoms with Crippen molar-refractivity contribution in [3.05, 3.63) is 0 Å². The zero-order chi connectivity index (χ0) is 11.2. The summed E-state index contributed by atoms with van der Waals surface area (Å²) in [6.45, 7) is 6.86. The molecule has 0 aliphatic carbocycles. The summed E-state index contributed by atoms with van der Waals surface area (Å²) in [6.07, 6.45) is 5.12. The van der Waals surface area contributed by atoms with Gasteiger partial charge in [-0.25, -0.2) is 0 Å². The van der Waals surface area contributed by atoms with E-state index in [2.05, 4.69) is 10.2 Å². The SMILES string of the molecule is O=C1CNCCCN1CCN1CCCCC1. The Morgan fingerprint density at radius 1 is 1.00 bits per heavy atom. The van der Waals surface area contributed by atoms with Gasteiger partial charge in [-0.1, -0.05) is 6.42 Å². The molecule has 0 unspecified atom stereocenters. The number of carbonyl (C=O) groups excluding carboxylic acids is 1. The lowest BCUT2D eigenvalue weighted by atomic mass is 10.1. The second kappa shape index (κ2) is 6.21. The van der Waals surface area contributed by atoms with Gasteiger partial charge >= 0.3 is 0 Å². The van der Waals surface area contributed by atoms with E-state index in [9.17, 15) is 4.79 Å². The normalized spacial score (nSPS) is 24.5. The molecule has 16 heavy (non-hydrogen) atoms. The molecule has 2 heterocycles. The van der Waals surface area contributed by atoms with Crippen LogP contribution < -0.4 is 5.32 Å². The first kappa shape index (κ1) is 11.9. The third-order valence-corrected chi connectivity index (χ3v) is 3.55. The van der Waals surface area contributed by atoms with E-state index in [1.165, 1.54) is 32.4 Å². The predicted molar refractivity (Wildman–Crippen MR) is 64.4 cm³/mol. The van der Waals surface area contributed by atoms with Gasteiger partial charge in [0.05, 0.1) is 6.54 Å². The molecule has 2 saturated heterocycles. The Morgan fingerprint density at radius 2 is 1.81 bits per heavy atom. The molecule has 4 heteroatoms. The molecule has 0 aromatic heterocycles. The highest BCUT2D eigenvalue weighted by molar-refractivity contribution is 5.78. The maximum Gasteiger partial charge on any atom is 0.236 e. The van der Waals surface area contributed by atoms with E-state index in [-0.39, 0.29) is 5.91 Å². The molecule has 1 N–H and O–H groups in total. The van der Waals surface area contributed by atoms with Crippen LogP contribution in [-0.2, 0) is 4.79 Å². The third-order valence-electron chi connectivity index (χ3n) is 3.55. The summed E-state index contributed by atoms with van der Waals surface area (Å²) in [4.78, 5) is 16.2. The second-order valence-electron chi connectivity index (χ2n) is 4.81. The number of nitrogens with one attached hydrogen (secondary N) is 1. The molecule has 2 fully saturated rings. The second-order valence-corrected chi connectivity index (χ2v) is 4.81. The number of amides is 1. The maximum absolute atomic E-state index is 11.7. The standard InChI is InChI=1S/C12H23N3O/c16-12-11-13-5-4-8-15(12)10-9-14-6-2-1-3-7-14/h13H,1-11H2. The van der Waals surface area contributed by atoms with E-state index >= 15 is 0 Å². The van der Waals surface area contributed by atoms with E-state index in [1.54, 1.807) is 0 Å². The Labute approximate surface area is 98.0 Å². The van der Waals surface area contributed by atoms with E-state index in [4.69, 9.17) is 0 Å². The van der Waals surface area contributed by atoms with Crippen LogP contribution in [0.15, 0.2) is 0 Å². The van der Waals surface area contributed by atoms with Crippen LogP contribution in [0.3, 0.4) is 0 Å². The van der Waals surface area contributed by atoms with Crippen molar-refractivity contribution < 1.29 is 4.79 Å². The van der Waals surface area contributed by atoms with Gasteiger partial charge in [-0.05, 0) is 38.9 Å². The maximum atomic E-state index is 11.7. The molecule has 92 valence electrons. The molecule has 0 radical (unpaired) electrons. The van der Waals surface area contributed by atoms with Crippen molar-refractivity contribution in [2.24, 2.45) is 0 Å². The molecule has 0 aromatic rings. The minimum atomic E-state index is 0.273. The van der Waals surface area contributed by atoms with Crippen molar-refractivity contribution in [3.8, 4) is 0 Å². The largest absolute Gasteiger partial charge is 0.340 e. The Balaban J connectivity index is 1.72. The molecular weight excluding hydrogens is 202 g/mol. The summed E-state index contributed by atoms with van der Waals surface area (Å²) in [5, 5.41) is 3.16. The van der Waals surface area contributed by atoms with E-state index < -0.39 is 0 Å². The average molecular weight is 225 g/mol. The molecule has 0 aromatic carbocycles. The highest BCUT2D eigenvalue weighted by atomic mass is 16.2. The van der Waals surface area contributed by atoms with Crippen LogP contribution in [0.25, 0.3) is 0 Å². The van der Waals surface area contributed by atoms with Gasteiger partial charge in [-0.2, -0.15) is 0 Å². The van der Waals surface area contributed by atoms with Gasteiger partial charge in [0.1, 0.15) is 0 Å². The van der Waals surface area contributed by atoms with Crippen molar-refractivity contribution in [1.82, 2.24) is 15.1 Å². The van der Waals surface area contributed by atoms with Gasteiger partial charge in [0.2, 0.25) is 5.91 Å². The summed E-state index contributed by atoms with van der Waals surface area (Å²) in [5.74, 6) is 0.273. The van der Waals surface area contributed by atoms with Gasteiger partial charge in [0.15, 0.2) is 0 Å². The third kappa shape index (κ3) is 3.46. The first-order valence-corrected chi connectivity index (χ1v) is 6.57. The van der Waals surface area contributed by atoms with Crippen LogP contribution in [0.5, 0.6) is 0 Å². The van der Waals surface area contributed by atoms with Crippen LogP contribution in [-0.4, -0.2) is 61.5 Å². The highest BCUT2D eigenvalue weighted by Gasteiger charge is 2.17. The molecular formula is C12H23N3O. The van der Waals surface area contributed by atoms with Gasteiger partial charge in [0.25, 0.3) is 0 Å². The van der Waals surface area contributed by atoms with Crippen LogP contribution in [0.1, 0.15) is 25.7 Å². The van der Waals surface area contributed by atoms with Gasteiger partial charge in [0, 0.05) is 19.6 Å². The number of nitrogens with zero attached hydrogens (tertiary/aromatic N) is 2. The van der Waals surface area contributed by atoms with E-state index in [0.717, 1.165) is 32.6 Å². The molecule has 2 rings (SSSR count). The lowest BCUT2D eigenvalue weighted by Gasteiger charge is -2.29. The van der Waals surface area contributed by atoms with E-state index in [0.29, 0.717) is 6.54 Å². The van der Waals surface area contributed by atoms with Crippen molar-refractivity contribution >= 4 is 5.91 Å². The summed E-state index contributed by atoms with van der Waals surface area (Å²) < 4.78 is 0. The van der Waals surface area contributed by atoms with Crippen molar-refractivity contribution in [1.29, 1.82) is 0 Å². The molecule has 0 spiro atoms. The zero-order valence-electron chi connectivity index (χ0n) is 10.1. The number of piperidine rings is 1. The monoisotopic (exact) mass is 225 g/mol. The number of hydrogen-bond acceptors (Lipinski definition) is 3. The quantitative estimate of drug-likeness (QED) is 0.750. The minimum Gasteiger partial charge on any atom is -0.340 e. The molecule has 1 amide bonds. The van der Waals surface area contributed by atoms with Gasteiger partial charge in [-0.3, -0.25) is 4.79 Å². The van der Waals surface area contributed by atoms with Crippen molar-refractivity contribution in [3.63, 3.8) is 0 Å². The van der Waals surface area contributed by atoms with E-state index in [1.807, 2.05) is 4.90 Å². The molecule has 2 aliphatic rings. The molecule has 0 atom stereocenters. The molecule has 2 aliphatic heterocycles. The minimum absolute atomic E-state index is 0.273. The average Bonchev–Trinajstić information content (AvgIpc) is 2.53. The number of carbonyl (C=O) groups is 1. The number of likely N-dealkylation sites (tertiary alicyclic amines) is 1. The Bertz CT molecular complexity index is 226. The van der Waals surface area contributed by atoms with Crippen LogP contribution in [0.2, 0.25) is 0 Å². The highest BCUT2D eigenvalue weighted by Crippen LogP contribution is 2.08. The molecule has 4 nitrogen and oxygen atoms in total. The molecule has 0 bridgehead atoms. The number of rotatable bonds is 3. The van der Waals surface area contributed by atoms with Crippen molar-refractivity contribution in [2.45, 2.75) is 25.7 Å². The summed E-state index contributed by atoms with van der Waals surface area (Å²) in [5.41, 5.74) is 0.